The van der Waals surface area contributed by atoms with Crippen molar-refractivity contribution < 1.29 is 4.79 Å². The Balaban J connectivity index is 1.42. The van der Waals surface area contributed by atoms with Gasteiger partial charge in [0.2, 0.25) is 5.91 Å². The number of aryl methyl sites for hydroxylation is 1. The summed E-state index contributed by atoms with van der Waals surface area (Å²) in [6.45, 7) is 4.48. The molecule has 35 heavy (non-hydrogen) atoms. The Morgan fingerprint density at radius 1 is 1.20 bits per heavy atom. The predicted octanol–water partition coefficient (Wildman–Crippen LogP) is 5.78. The van der Waals surface area contributed by atoms with Crippen LogP contribution in [0.2, 0.25) is 0 Å². The smallest absolute Gasteiger partial charge is 0.222 e. The average Bonchev–Trinajstić information content (AvgIpc) is 3.40. The topological polar surface area (TPSA) is 79.7 Å². The predicted molar refractivity (Wildman–Crippen MR) is 140 cm³/mol. The van der Waals surface area contributed by atoms with Crippen LogP contribution in [0.1, 0.15) is 75.5 Å². The van der Waals surface area contributed by atoms with Gasteiger partial charge in [-0.25, -0.2) is 9.97 Å². The maximum Gasteiger partial charge on any atom is 0.222 e. The summed E-state index contributed by atoms with van der Waals surface area (Å²) in [4.78, 5) is 31.3. The number of aromatic nitrogens is 5. The first-order valence-corrected chi connectivity index (χ1v) is 12.8. The molecule has 1 fully saturated rings. The number of pyridine rings is 1. The maximum absolute atomic E-state index is 12.0. The number of fused-ring (bicyclic) bond motifs is 2. The van der Waals surface area contributed by atoms with Gasteiger partial charge in [-0.2, -0.15) is 0 Å². The van der Waals surface area contributed by atoms with Gasteiger partial charge in [-0.1, -0.05) is 13.8 Å². The molecule has 4 aromatic rings. The Morgan fingerprint density at radius 3 is 2.69 bits per heavy atom. The molecule has 1 amide bonds. The summed E-state index contributed by atoms with van der Waals surface area (Å²) in [6.07, 6.45) is 12.0. The second kappa shape index (κ2) is 9.44. The SMILES string of the molecule is CC(C)c1c(-c2cn(C)c3ncncc23)[nH]c2ccc(C3CCC(CCC(=O)N(C)C)CC3)nc12. The Morgan fingerprint density at radius 2 is 1.97 bits per heavy atom. The van der Waals surface area contributed by atoms with Crippen molar-refractivity contribution in [2.45, 2.75) is 64.2 Å². The number of rotatable bonds is 6. The van der Waals surface area contributed by atoms with Crippen LogP contribution < -0.4 is 0 Å². The molecule has 0 atom stereocenters. The molecule has 184 valence electrons. The van der Waals surface area contributed by atoms with Gasteiger partial charge in [0, 0.05) is 68.1 Å². The molecule has 0 aromatic carbocycles. The number of nitrogens with zero attached hydrogens (tertiary/aromatic N) is 5. The number of nitrogens with one attached hydrogen (secondary N) is 1. The van der Waals surface area contributed by atoms with Crippen molar-refractivity contribution in [2.75, 3.05) is 14.1 Å². The van der Waals surface area contributed by atoms with Crippen LogP contribution in [0.4, 0.5) is 0 Å². The minimum Gasteiger partial charge on any atom is -0.353 e. The van der Waals surface area contributed by atoms with E-state index < -0.39 is 0 Å². The average molecular weight is 473 g/mol. The second-order valence-electron chi connectivity index (χ2n) is 10.7. The third kappa shape index (κ3) is 4.44. The number of hydrogen-bond acceptors (Lipinski definition) is 4. The number of hydrogen-bond donors (Lipinski definition) is 1. The van der Waals surface area contributed by atoms with Crippen molar-refractivity contribution in [1.29, 1.82) is 0 Å². The molecule has 0 aliphatic heterocycles. The second-order valence-corrected chi connectivity index (χ2v) is 10.7. The zero-order chi connectivity index (χ0) is 24.7. The van der Waals surface area contributed by atoms with Gasteiger partial charge in [0.25, 0.3) is 0 Å². The summed E-state index contributed by atoms with van der Waals surface area (Å²) >= 11 is 0. The number of amides is 1. The standard InChI is InChI=1S/C28H36N6O/c1-17(2)25-26(21-15-34(5)28-20(21)14-29-16-30-28)32-23-12-11-22(31-27(23)25)19-9-6-18(7-10-19)8-13-24(35)33(3)4/h11-12,14-19,32H,6-10,13H2,1-5H3. The van der Waals surface area contributed by atoms with Gasteiger partial charge in [-0.3, -0.25) is 9.78 Å². The third-order valence-electron chi connectivity index (χ3n) is 7.72. The first-order chi connectivity index (χ1) is 16.8. The van der Waals surface area contributed by atoms with Crippen LogP contribution in [0.5, 0.6) is 0 Å². The van der Waals surface area contributed by atoms with Gasteiger partial charge in [-0.05, 0) is 56.1 Å². The summed E-state index contributed by atoms with van der Waals surface area (Å²) in [5.41, 5.74) is 7.80. The molecule has 1 aliphatic carbocycles. The number of aromatic amines is 1. The molecule has 7 heteroatoms. The minimum absolute atomic E-state index is 0.237. The van der Waals surface area contributed by atoms with Crippen molar-refractivity contribution >= 4 is 28.0 Å². The number of carbonyl (C=O) groups excluding carboxylic acids is 1. The fourth-order valence-electron chi connectivity index (χ4n) is 5.72. The molecule has 1 aliphatic rings. The van der Waals surface area contributed by atoms with Crippen molar-refractivity contribution in [3.63, 3.8) is 0 Å². The van der Waals surface area contributed by atoms with E-state index in [0.29, 0.717) is 24.2 Å². The molecule has 5 rings (SSSR count). The largest absolute Gasteiger partial charge is 0.353 e. The molecule has 0 saturated heterocycles. The van der Waals surface area contributed by atoms with Crippen LogP contribution in [0.25, 0.3) is 33.3 Å². The van der Waals surface area contributed by atoms with Crippen molar-refractivity contribution in [3.05, 3.63) is 42.1 Å². The van der Waals surface area contributed by atoms with Crippen LogP contribution in [-0.4, -0.2) is 49.4 Å². The normalized spacial score (nSPS) is 18.6. The first-order valence-electron chi connectivity index (χ1n) is 12.8. The highest BCUT2D eigenvalue weighted by Crippen LogP contribution is 2.41. The van der Waals surface area contributed by atoms with E-state index in [2.05, 4.69) is 51.7 Å². The van der Waals surface area contributed by atoms with Crippen molar-refractivity contribution in [1.82, 2.24) is 29.4 Å². The van der Waals surface area contributed by atoms with Crippen molar-refractivity contribution in [2.24, 2.45) is 13.0 Å². The molecule has 7 nitrogen and oxygen atoms in total. The molecular formula is C28H36N6O. The number of H-pyrrole nitrogens is 1. The summed E-state index contributed by atoms with van der Waals surface area (Å²) < 4.78 is 2.06. The lowest BCUT2D eigenvalue weighted by molar-refractivity contribution is -0.129. The van der Waals surface area contributed by atoms with E-state index in [9.17, 15) is 4.79 Å². The lowest BCUT2D eigenvalue weighted by Gasteiger charge is -2.28. The molecule has 0 bridgehead atoms. The van der Waals surface area contributed by atoms with E-state index in [4.69, 9.17) is 4.98 Å². The molecule has 4 aromatic heterocycles. The van der Waals surface area contributed by atoms with Gasteiger partial charge >= 0.3 is 0 Å². The highest BCUT2D eigenvalue weighted by Gasteiger charge is 2.26. The van der Waals surface area contributed by atoms with Gasteiger partial charge in [0.05, 0.1) is 16.7 Å². The lowest BCUT2D eigenvalue weighted by Crippen LogP contribution is -2.23. The minimum atomic E-state index is 0.237. The molecule has 1 saturated carbocycles. The monoisotopic (exact) mass is 472 g/mol. The van der Waals surface area contributed by atoms with E-state index >= 15 is 0 Å². The van der Waals surface area contributed by atoms with Gasteiger partial charge in [0.15, 0.2) is 0 Å². The van der Waals surface area contributed by atoms with Crippen LogP contribution in [-0.2, 0) is 11.8 Å². The van der Waals surface area contributed by atoms with Crippen molar-refractivity contribution in [3.8, 4) is 11.3 Å². The van der Waals surface area contributed by atoms with Gasteiger partial charge in [0.1, 0.15) is 12.0 Å². The van der Waals surface area contributed by atoms with E-state index in [1.165, 1.54) is 24.1 Å². The summed E-state index contributed by atoms with van der Waals surface area (Å²) in [7, 11) is 5.71. The molecule has 0 spiro atoms. The van der Waals surface area contributed by atoms with Crippen LogP contribution in [0.15, 0.2) is 30.9 Å². The van der Waals surface area contributed by atoms with E-state index in [1.54, 1.807) is 11.2 Å². The van der Waals surface area contributed by atoms with E-state index in [-0.39, 0.29) is 5.91 Å². The van der Waals surface area contributed by atoms with Gasteiger partial charge in [-0.15, -0.1) is 0 Å². The Kier molecular flexibility index (Phi) is 6.34. The van der Waals surface area contributed by atoms with Crippen LogP contribution in [0, 0.1) is 5.92 Å². The fraction of sp³-hybridized carbons (Fsp3) is 0.500. The summed E-state index contributed by atoms with van der Waals surface area (Å²) in [5, 5.41) is 1.05. The quantitative estimate of drug-likeness (QED) is 0.386. The molecule has 0 radical (unpaired) electrons. The van der Waals surface area contributed by atoms with Gasteiger partial charge < -0.3 is 14.5 Å². The third-order valence-corrected chi connectivity index (χ3v) is 7.72. The van der Waals surface area contributed by atoms with E-state index in [1.807, 2.05) is 27.3 Å². The lowest BCUT2D eigenvalue weighted by atomic mass is 9.78. The zero-order valence-electron chi connectivity index (χ0n) is 21.5. The Bertz CT molecular complexity index is 1360. The molecule has 4 heterocycles. The number of carbonyl (C=O) groups is 1. The zero-order valence-corrected chi connectivity index (χ0v) is 21.5. The highest BCUT2D eigenvalue weighted by atomic mass is 16.2. The molecular weight excluding hydrogens is 436 g/mol. The maximum atomic E-state index is 12.0. The van der Waals surface area contributed by atoms with E-state index in [0.717, 1.165) is 52.6 Å². The van der Waals surface area contributed by atoms with Crippen LogP contribution in [0.3, 0.4) is 0 Å². The summed E-state index contributed by atoms with van der Waals surface area (Å²) in [5.74, 6) is 1.70. The Labute approximate surface area is 207 Å². The molecule has 0 unspecified atom stereocenters. The highest BCUT2D eigenvalue weighted by molar-refractivity contribution is 5.98. The first kappa shape index (κ1) is 23.5. The van der Waals surface area contributed by atoms with Crippen LogP contribution >= 0.6 is 0 Å². The molecule has 1 N–H and O–H groups in total. The fourth-order valence-corrected chi connectivity index (χ4v) is 5.72. The summed E-state index contributed by atoms with van der Waals surface area (Å²) in [6, 6.07) is 4.41. The Hall–Kier alpha value is -3.22.